The third kappa shape index (κ3) is 8.05. The van der Waals surface area contributed by atoms with Crippen molar-refractivity contribution in [3.63, 3.8) is 0 Å². The summed E-state index contributed by atoms with van der Waals surface area (Å²) in [5, 5.41) is 5.24. The Hall–Kier alpha value is -2.78. The number of nitrogens with one attached hydrogen (secondary N) is 2. The Labute approximate surface area is 192 Å². The normalized spacial score (nSPS) is 11.1. The van der Waals surface area contributed by atoms with Crippen molar-refractivity contribution in [2.75, 3.05) is 17.2 Å². The number of carbonyl (C=O) groups excluding carboxylic acids is 3. The van der Waals surface area contributed by atoms with E-state index in [-0.39, 0.29) is 30.0 Å². The van der Waals surface area contributed by atoms with Crippen molar-refractivity contribution < 1.29 is 32.3 Å². The number of hydrogen-bond acceptors (Lipinski definition) is 4. The number of hydrogen-bond donors (Lipinski definition) is 2. The number of esters is 1. The molecule has 0 aliphatic carbocycles. The summed E-state index contributed by atoms with van der Waals surface area (Å²) in [7, 11) is 0. The van der Waals surface area contributed by atoms with Gasteiger partial charge in [0.15, 0.2) is 6.61 Å². The van der Waals surface area contributed by atoms with E-state index in [0.717, 1.165) is 23.8 Å². The molecule has 0 spiro atoms. The van der Waals surface area contributed by atoms with Gasteiger partial charge in [-0.1, -0.05) is 29.3 Å². The van der Waals surface area contributed by atoms with E-state index in [4.69, 9.17) is 27.9 Å². The largest absolute Gasteiger partial charge is 0.456 e. The van der Waals surface area contributed by atoms with E-state index in [9.17, 15) is 27.6 Å². The van der Waals surface area contributed by atoms with Crippen molar-refractivity contribution in [2.45, 2.75) is 32.4 Å². The van der Waals surface area contributed by atoms with E-state index >= 15 is 0 Å². The first kappa shape index (κ1) is 25.5. The zero-order chi connectivity index (χ0) is 23.9. The zero-order valence-electron chi connectivity index (χ0n) is 16.8. The minimum atomic E-state index is -4.58. The minimum Gasteiger partial charge on any atom is -0.456 e. The van der Waals surface area contributed by atoms with Crippen LogP contribution in [0.5, 0.6) is 0 Å². The van der Waals surface area contributed by atoms with Crippen LogP contribution in [0.25, 0.3) is 0 Å². The van der Waals surface area contributed by atoms with Crippen molar-refractivity contribution in [3.05, 3.63) is 57.6 Å². The number of halogens is 5. The first-order chi connectivity index (χ1) is 15.0. The number of anilines is 2. The molecule has 0 aromatic heterocycles. The van der Waals surface area contributed by atoms with Crippen LogP contribution in [-0.2, 0) is 25.3 Å². The first-order valence-corrected chi connectivity index (χ1v) is 10.1. The molecule has 32 heavy (non-hydrogen) atoms. The Morgan fingerprint density at radius 1 is 0.938 bits per heavy atom. The summed E-state index contributed by atoms with van der Waals surface area (Å²) < 4.78 is 43.2. The zero-order valence-corrected chi connectivity index (χ0v) is 18.3. The minimum absolute atomic E-state index is 0.0494. The number of benzene rings is 2. The molecule has 2 aromatic carbocycles. The molecular weight excluding hydrogens is 472 g/mol. The van der Waals surface area contributed by atoms with Gasteiger partial charge in [-0.15, -0.1) is 0 Å². The molecule has 0 saturated carbocycles. The van der Waals surface area contributed by atoms with Crippen LogP contribution in [0, 0.1) is 6.92 Å². The van der Waals surface area contributed by atoms with Gasteiger partial charge in [0.05, 0.1) is 16.3 Å². The van der Waals surface area contributed by atoms with E-state index in [1.807, 2.05) is 6.92 Å². The maximum atomic E-state index is 12.8. The van der Waals surface area contributed by atoms with Crippen molar-refractivity contribution in [1.82, 2.24) is 0 Å². The number of aryl methyl sites for hydroxylation is 1. The second kappa shape index (κ2) is 11.2. The molecule has 2 amide bonds. The third-order valence-corrected chi connectivity index (χ3v) is 4.91. The van der Waals surface area contributed by atoms with Gasteiger partial charge in [0, 0.05) is 23.6 Å². The van der Waals surface area contributed by atoms with Gasteiger partial charge >= 0.3 is 12.1 Å². The SMILES string of the molecule is Cc1ccc(NC(=O)COC(=O)CCCC(=O)Nc2cc(C(F)(F)F)ccc2Cl)cc1Cl. The highest BCUT2D eigenvalue weighted by Crippen LogP contribution is 2.33. The highest BCUT2D eigenvalue weighted by Gasteiger charge is 2.31. The standard InChI is InChI=1S/C21H19Cl2F3N2O4/c1-12-5-7-14(10-16(12)23)27-19(30)11-32-20(31)4-2-3-18(29)28-17-9-13(21(24,25)26)6-8-15(17)22/h5-10H,2-4,11H2,1H3,(H,27,30)(H,28,29). The highest BCUT2D eigenvalue weighted by molar-refractivity contribution is 6.33. The number of alkyl halides is 3. The van der Waals surface area contributed by atoms with Crippen molar-refractivity contribution >= 4 is 52.4 Å². The predicted octanol–water partition coefficient (Wildman–Crippen LogP) is 5.61. The first-order valence-electron chi connectivity index (χ1n) is 9.34. The molecule has 0 bridgehead atoms. The fourth-order valence-corrected chi connectivity index (χ4v) is 2.83. The molecule has 172 valence electrons. The molecule has 6 nitrogen and oxygen atoms in total. The Bertz CT molecular complexity index is 1010. The van der Waals surface area contributed by atoms with Gasteiger partial charge in [0.2, 0.25) is 5.91 Å². The van der Waals surface area contributed by atoms with Crippen LogP contribution in [0.2, 0.25) is 10.0 Å². The maximum absolute atomic E-state index is 12.8. The number of carbonyl (C=O) groups is 3. The van der Waals surface area contributed by atoms with Gasteiger partial charge in [-0.25, -0.2) is 0 Å². The summed E-state index contributed by atoms with van der Waals surface area (Å²) in [5.41, 5.74) is 0.163. The monoisotopic (exact) mass is 490 g/mol. The molecule has 2 aromatic rings. The molecule has 0 fully saturated rings. The van der Waals surface area contributed by atoms with Crippen LogP contribution < -0.4 is 10.6 Å². The molecule has 11 heteroatoms. The molecule has 0 heterocycles. The average molecular weight is 491 g/mol. The van der Waals surface area contributed by atoms with Crippen molar-refractivity contribution in [2.24, 2.45) is 0 Å². The Morgan fingerprint density at radius 3 is 2.31 bits per heavy atom. The van der Waals surface area contributed by atoms with Gasteiger partial charge in [-0.3, -0.25) is 14.4 Å². The van der Waals surface area contributed by atoms with E-state index in [2.05, 4.69) is 10.6 Å². The predicted molar refractivity (Wildman–Crippen MR) is 115 cm³/mol. The van der Waals surface area contributed by atoms with E-state index < -0.39 is 36.1 Å². The van der Waals surface area contributed by atoms with E-state index in [1.54, 1.807) is 18.2 Å². The van der Waals surface area contributed by atoms with Gasteiger partial charge < -0.3 is 15.4 Å². The third-order valence-electron chi connectivity index (χ3n) is 4.17. The lowest BCUT2D eigenvalue weighted by atomic mass is 10.2. The number of amides is 2. The summed E-state index contributed by atoms with van der Waals surface area (Å²) in [5.74, 6) is -1.88. The average Bonchev–Trinajstić information content (AvgIpc) is 2.70. The summed E-state index contributed by atoms with van der Waals surface area (Å²) in [4.78, 5) is 35.5. The lowest BCUT2D eigenvalue weighted by Crippen LogP contribution is -2.21. The van der Waals surface area contributed by atoms with Gasteiger partial charge in [-0.2, -0.15) is 13.2 Å². The Morgan fingerprint density at radius 2 is 1.66 bits per heavy atom. The van der Waals surface area contributed by atoms with Crippen LogP contribution >= 0.6 is 23.2 Å². The van der Waals surface area contributed by atoms with E-state index in [0.29, 0.717) is 10.7 Å². The molecule has 2 N–H and O–H groups in total. The van der Waals surface area contributed by atoms with Crippen LogP contribution in [0.15, 0.2) is 36.4 Å². The topological polar surface area (TPSA) is 84.5 Å². The molecule has 0 unspecified atom stereocenters. The van der Waals surface area contributed by atoms with Crippen LogP contribution in [-0.4, -0.2) is 24.4 Å². The molecule has 0 aliphatic heterocycles. The van der Waals surface area contributed by atoms with Gasteiger partial charge in [0.1, 0.15) is 0 Å². The molecule has 0 radical (unpaired) electrons. The van der Waals surface area contributed by atoms with Gasteiger partial charge in [0.25, 0.3) is 5.91 Å². The number of ether oxygens (including phenoxy) is 1. The Kier molecular flexibility index (Phi) is 8.91. The smallest absolute Gasteiger partial charge is 0.416 e. The molecule has 0 aliphatic rings. The summed E-state index contributed by atoms with van der Waals surface area (Å²) >= 11 is 11.8. The molecule has 2 rings (SSSR count). The maximum Gasteiger partial charge on any atom is 0.416 e. The highest BCUT2D eigenvalue weighted by atomic mass is 35.5. The Balaban J connectivity index is 1.73. The van der Waals surface area contributed by atoms with Gasteiger partial charge in [-0.05, 0) is 49.2 Å². The van der Waals surface area contributed by atoms with Crippen LogP contribution in [0.4, 0.5) is 24.5 Å². The lowest BCUT2D eigenvalue weighted by Gasteiger charge is -2.11. The fraction of sp³-hybridized carbons (Fsp3) is 0.286. The second-order valence-electron chi connectivity index (χ2n) is 6.77. The van der Waals surface area contributed by atoms with Crippen molar-refractivity contribution in [1.29, 1.82) is 0 Å². The second-order valence-corrected chi connectivity index (χ2v) is 7.58. The number of rotatable bonds is 8. The molecular formula is C21H19Cl2F3N2O4. The van der Waals surface area contributed by atoms with Crippen molar-refractivity contribution in [3.8, 4) is 0 Å². The summed E-state index contributed by atoms with van der Waals surface area (Å²) in [6.45, 7) is 1.29. The molecule has 0 saturated heterocycles. The van der Waals surface area contributed by atoms with Crippen LogP contribution in [0.1, 0.15) is 30.4 Å². The summed E-state index contributed by atoms with van der Waals surface area (Å²) in [6.07, 6.45) is -4.83. The fourth-order valence-electron chi connectivity index (χ4n) is 2.49. The lowest BCUT2D eigenvalue weighted by molar-refractivity contribution is -0.147. The molecule has 0 atom stereocenters. The quantitative estimate of drug-likeness (QED) is 0.470. The van der Waals surface area contributed by atoms with Crippen LogP contribution in [0.3, 0.4) is 0 Å². The summed E-state index contributed by atoms with van der Waals surface area (Å²) in [6, 6.07) is 7.50. The van der Waals surface area contributed by atoms with E-state index in [1.165, 1.54) is 0 Å².